The number of nitrogens with zero attached hydrogens (tertiary/aromatic N) is 2. The summed E-state index contributed by atoms with van der Waals surface area (Å²) in [6.45, 7) is 5.22. The highest BCUT2D eigenvalue weighted by Gasteiger charge is 2.33. The van der Waals surface area contributed by atoms with Crippen LogP contribution < -0.4 is 5.32 Å². The number of nitrogens with one attached hydrogen (secondary N) is 1. The molecule has 1 aromatic carbocycles. The number of aliphatic hydroxyl groups is 1. The van der Waals surface area contributed by atoms with Crippen molar-refractivity contribution in [2.24, 2.45) is 0 Å². The number of amides is 2. The number of morpholine rings is 1. The van der Waals surface area contributed by atoms with Crippen molar-refractivity contribution in [3.63, 3.8) is 0 Å². The summed E-state index contributed by atoms with van der Waals surface area (Å²) in [5.74, 6) is -1.31. The van der Waals surface area contributed by atoms with Crippen LogP contribution in [-0.2, 0) is 20.7 Å². The fourth-order valence-electron chi connectivity index (χ4n) is 3.58. The Bertz CT molecular complexity index is 809. The van der Waals surface area contributed by atoms with Gasteiger partial charge in [0, 0.05) is 32.7 Å². The Labute approximate surface area is 186 Å². The average molecular weight is 456 g/mol. The van der Waals surface area contributed by atoms with Gasteiger partial charge in [0.1, 0.15) is 0 Å². The van der Waals surface area contributed by atoms with E-state index >= 15 is 0 Å². The van der Waals surface area contributed by atoms with E-state index in [1.54, 1.807) is 6.07 Å². The molecular formula is C21H27Cl2N3O4. The highest BCUT2D eigenvalue weighted by atomic mass is 35.5. The Hall–Kier alpha value is -1.80. The minimum Gasteiger partial charge on any atom is -0.503 e. The van der Waals surface area contributed by atoms with Gasteiger partial charge in [-0.2, -0.15) is 0 Å². The van der Waals surface area contributed by atoms with Gasteiger partial charge >= 0.3 is 0 Å². The molecule has 0 spiro atoms. The van der Waals surface area contributed by atoms with Crippen molar-refractivity contribution in [1.29, 1.82) is 0 Å². The van der Waals surface area contributed by atoms with Crippen molar-refractivity contribution in [2.45, 2.75) is 19.3 Å². The summed E-state index contributed by atoms with van der Waals surface area (Å²) in [6, 6.07) is 5.46. The van der Waals surface area contributed by atoms with Crippen LogP contribution in [0.5, 0.6) is 0 Å². The van der Waals surface area contributed by atoms with Crippen LogP contribution in [-0.4, -0.2) is 79.2 Å². The SMILES string of the molecule is O=C(NCCCc1ccc(Cl)c(Cl)c1)C1=C(O)C(=O)N(CCCN2CCOCC2)C1. The zero-order valence-electron chi connectivity index (χ0n) is 16.8. The third kappa shape index (κ3) is 6.11. The predicted molar refractivity (Wildman–Crippen MR) is 116 cm³/mol. The maximum atomic E-state index is 12.4. The minimum atomic E-state index is -0.474. The van der Waals surface area contributed by atoms with E-state index in [0.29, 0.717) is 29.6 Å². The maximum absolute atomic E-state index is 12.4. The lowest BCUT2D eigenvalue weighted by Crippen LogP contribution is -2.38. The van der Waals surface area contributed by atoms with Crippen molar-refractivity contribution < 1.29 is 19.4 Å². The molecule has 0 aromatic heterocycles. The standard InChI is InChI=1S/C21H27Cl2N3O4/c22-17-5-4-15(13-18(17)23)3-1-6-24-20(28)16-14-26(21(29)19(16)27)8-2-7-25-9-11-30-12-10-25/h4-5,13,27H,1-3,6-12,14H2,(H,24,28). The zero-order chi connectivity index (χ0) is 21.5. The van der Waals surface area contributed by atoms with Crippen LogP contribution in [0, 0.1) is 0 Å². The Morgan fingerprint density at radius 2 is 1.90 bits per heavy atom. The summed E-state index contributed by atoms with van der Waals surface area (Å²) in [5.41, 5.74) is 1.17. The Balaban J connectivity index is 1.39. The number of rotatable bonds is 9. The monoisotopic (exact) mass is 455 g/mol. The molecule has 2 aliphatic rings. The normalized spacial score (nSPS) is 17.7. The highest BCUT2D eigenvalue weighted by Crippen LogP contribution is 2.23. The molecule has 2 amide bonds. The molecular weight excluding hydrogens is 429 g/mol. The minimum absolute atomic E-state index is 0.140. The van der Waals surface area contributed by atoms with Gasteiger partial charge in [-0.1, -0.05) is 29.3 Å². The Morgan fingerprint density at radius 3 is 2.63 bits per heavy atom. The first-order valence-electron chi connectivity index (χ1n) is 10.2. The smallest absolute Gasteiger partial charge is 0.289 e. The first-order chi connectivity index (χ1) is 14.5. The van der Waals surface area contributed by atoms with Gasteiger partial charge in [0.05, 0.1) is 35.4 Å². The van der Waals surface area contributed by atoms with Crippen molar-refractivity contribution in [2.75, 3.05) is 52.5 Å². The Kier molecular flexibility index (Phi) is 8.39. The predicted octanol–water partition coefficient (Wildman–Crippen LogP) is 2.42. The molecule has 0 radical (unpaired) electrons. The average Bonchev–Trinajstić information content (AvgIpc) is 3.03. The van der Waals surface area contributed by atoms with Crippen molar-refractivity contribution in [1.82, 2.24) is 15.1 Å². The van der Waals surface area contributed by atoms with E-state index in [1.165, 1.54) is 4.90 Å². The van der Waals surface area contributed by atoms with Crippen molar-refractivity contribution in [3.05, 3.63) is 45.1 Å². The summed E-state index contributed by atoms with van der Waals surface area (Å²) in [4.78, 5) is 28.5. The van der Waals surface area contributed by atoms with E-state index < -0.39 is 17.6 Å². The molecule has 164 valence electrons. The molecule has 1 aromatic rings. The number of carbonyl (C=O) groups excluding carboxylic acids is 2. The molecule has 1 fully saturated rings. The molecule has 1 saturated heterocycles. The third-order valence-electron chi connectivity index (χ3n) is 5.32. The number of benzene rings is 1. The van der Waals surface area contributed by atoms with Crippen LogP contribution >= 0.6 is 23.2 Å². The van der Waals surface area contributed by atoms with Crippen molar-refractivity contribution in [3.8, 4) is 0 Å². The van der Waals surface area contributed by atoms with Crippen molar-refractivity contribution >= 4 is 35.0 Å². The van der Waals surface area contributed by atoms with Gasteiger partial charge in [-0.25, -0.2) is 0 Å². The van der Waals surface area contributed by atoms with Crippen LogP contribution in [0.25, 0.3) is 0 Å². The molecule has 0 atom stereocenters. The highest BCUT2D eigenvalue weighted by molar-refractivity contribution is 6.42. The fraction of sp³-hybridized carbons (Fsp3) is 0.524. The lowest BCUT2D eigenvalue weighted by atomic mass is 10.1. The van der Waals surface area contributed by atoms with Crippen LogP contribution in [0.15, 0.2) is 29.5 Å². The van der Waals surface area contributed by atoms with Gasteiger partial charge in [0.2, 0.25) is 0 Å². The number of hydrogen-bond donors (Lipinski definition) is 2. The summed E-state index contributed by atoms with van der Waals surface area (Å²) in [7, 11) is 0. The number of aryl methyl sites for hydroxylation is 1. The van der Waals surface area contributed by atoms with Crippen LogP contribution in [0.4, 0.5) is 0 Å². The van der Waals surface area contributed by atoms with E-state index in [-0.39, 0.29) is 12.1 Å². The lowest BCUT2D eigenvalue weighted by molar-refractivity contribution is -0.128. The molecule has 3 rings (SSSR count). The van der Waals surface area contributed by atoms with Gasteiger partial charge in [0.25, 0.3) is 11.8 Å². The Morgan fingerprint density at radius 1 is 1.13 bits per heavy atom. The second kappa shape index (κ2) is 11.0. The first-order valence-corrected chi connectivity index (χ1v) is 10.9. The number of ether oxygens (including phenoxy) is 1. The number of halogens is 2. The van der Waals surface area contributed by atoms with Gasteiger partial charge < -0.3 is 20.1 Å². The summed E-state index contributed by atoms with van der Waals surface area (Å²) in [6.07, 6.45) is 2.22. The molecule has 0 unspecified atom stereocenters. The number of aliphatic hydroxyl groups excluding tert-OH is 1. The molecule has 0 bridgehead atoms. The van der Waals surface area contributed by atoms with E-state index in [4.69, 9.17) is 27.9 Å². The molecule has 0 aliphatic carbocycles. The van der Waals surface area contributed by atoms with Gasteiger partial charge in [-0.15, -0.1) is 0 Å². The molecule has 0 saturated carbocycles. The second-order valence-corrected chi connectivity index (χ2v) is 8.28. The number of carbonyl (C=O) groups is 2. The molecule has 2 aliphatic heterocycles. The quantitative estimate of drug-likeness (QED) is 0.558. The third-order valence-corrected chi connectivity index (χ3v) is 6.06. The molecule has 2 heterocycles. The zero-order valence-corrected chi connectivity index (χ0v) is 18.3. The first kappa shape index (κ1) is 22.9. The molecule has 7 nitrogen and oxygen atoms in total. The topological polar surface area (TPSA) is 82.1 Å². The summed E-state index contributed by atoms with van der Waals surface area (Å²) < 4.78 is 5.32. The van der Waals surface area contributed by atoms with E-state index in [1.807, 2.05) is 12.1 Å². The largest absolute Gasteiger partial charge is 0.503 e. The van der Waals surface area contributed by atoms with Crippen LogP contribution in [0.3, 0.4) is 0 Å². The van der Waals surface area contributed by atoms with Crippen LogP contribution in [0.2, 0.25) is 10.0 Å². The van der Waals surface area contributed by atoms with Gasteiger partial charge in [-0.05, 0) is 37.0 Å². The maximum Gasteiger partial charge on any atom is 0.289 e. The van der Waals surface area contributed by atoms with E-state index in [9.17, 15) is 14.7 Å². The van der Waals surface area contributed by atoms with E-state index in [2.05, 4.69) is 10.2 Å². The van der Waals surface area contributed by atoms with E-state index in [0.717, 1.165) is 51.3 Å². The van der Waals surface area contributed by atoms with Gasteiger partial charge in [-0.3, -0.25) is 14.5 Å². The van der Waals surface area contributed by atoms with Crippen LogP contribution in [0.1, 0.15) is 18.4 Å². The lowest BCUT2D eigenvalue weighted by Gasteiger charge is -2.27. The number of hydrogen-bond acceptors (Lipinski definition) is 5. The molecule has 30 heavy (non-hydrogen) atoms. The van der Waals surface area contributed by atoms with Gasteiger partial charge in [0.15, 0.2) is 5.76 Å². The second-order valence-electron chi connectivity index (χ2n) is 7.47. The fourth-order valence-corrected chi connectivity index (χ4v) is 3.90. The molecule has 2 N–H and O–H groups in total. The summed E-state index contributed by atoms with van der Waals surface area (Å²) >= 11 is 11.9. The molecule has 9 heteroatoms. The summed E-state index contributed by atoms with van der Waals surface area (Å²) in [5, 5.41) is 13.9.